The standard InChI is InChI=1S/C27H29N7O2/c1-16-8-10-34-23(13-29-27(34)30-16)19-4-6-21(25-20(19)12-28-26(25)35)31-24-7-5-18(17-9-11-36-15-17)22(32-24)14-33(2)3/h4-8,10,13,17H,9,11-12,14-15H2,1-3H3,(H,28,35)(H,31,32). The Hall–Kier alpha value is -3.82. The van der Waals surface area contributed by atoms with Crippen molar-refractivity contribution < 1.29 is 9.53 Å². The van der Waals surface area contributed by atoms with Crippen molar-refractivity contribution in [1.29, 1.82) is 0 Å². The number of benzene rings is 1. The van der Waals surface area contributed by atoms with Gasteiger partial charge < -0.3 is 20.3 Å². The lowest BCUT2D eigenvalue weighted by Crippen LogP contribution is -2.16. The molecule has 0 radical (unpaired) electrons. The maximum atomic E-state index is 12.9. The number of hydrogen-bond donors (Lipinski definition) is 2. The number of nitrogens with zero attached hydrogens (tertiary/aromatic N) is 5. The molecule has 36 heavy (non-hydrogen) atoms. The van der Waals surface area contributed by atoms with E-state index in [1.807, 2.05) is 62.1 Å². The molecule has 1 fully saturated rings. The van der Waals surface area contributed by atoms with Crippen LogP contribution in [0.3, 0.4) is 0 Å². The Labute approximate surface area is 209 Å². The van der Waals surface area contributed by atoms with Gasteiger partial charge in [0.2, 0.25) is 5.78 Å². The number of anilines is 2. The number of fused-ring (bicyclic) bond motifs is 2. The number of amides is 1. The zero-order valence-electron chi connectivity index (χ0n) is 20.7. The van der Waals surface area contributed by atoms with Crippen LogP contribution in [0.25, 0.3) is 17.0 Å². The number of pyridine rings is 1. The number of ether oxygens (including phenoxy) is 1. The fraction of sp³-hybridized carbons (Fsp3) is 0.333. The summed E-state index contributed by atoms with van der Waals surface area (Å²) in [5.41, 5.74) is 7.39. The van der Waals surface area contributed by atoms with Crippen LogP contribution in [-0.2, 0) is 17.8 Å². The molecule has 0 aliphatic carbocycles. The lowest BCUT2D eigenvalue weighted by molar-refractivity contribution is 0.0966. The predicted molar refractivity (Wildman–Crippen MR) is 137 cm³/mol. The van der Waals surface area contributed by atoms with E-state index in [2.05, 4.69) is 31.6 Å². The molecule has 3 aromatic heterocycles. The van der Waals surface area contributed by atoms with Gasteiger partial charge in [0.05, 0.1) is 35.4 Å². The summed E-state index contributed by atoms with van der Waals surface area (Å²) >= 11 is 0. The molecule has 2 N–H and O–H groups in total. The Morgan fingerprint density at radius 1 is 1.19 bits per heavy atom. The molecule has 0 spiro atoms. The van der Waals surface area contributed by atoms with Crippen LogP contribution in [0, 0.1) is 6.92 Å². The van der Waals surface area contributed by atoms with Crippen molar-refractivity contribution in [2.45, 2.75) is 32.4 Å². The summed E-state index contributed by atoms with van der Waals surface area (Å²) in [7, 11) is 4.09. The molecule has 1 saturated heterocycles. The van der Waals surface area contributed by atoms with Gasteiger partial charge in [0.25, 0.3) is 5.91 Å². The van der Waals surface area contributed by atoms with E-state index in [-0.39, 0.29) is 5.91 Å². The molecule has 9 nitrogen and oxygen atoms in total. The van der Waals surface area contributed by atoms with Gasteiger partial charge in [-0.2, -0.15) is 0 Å². The van der Waals surface area contributed by atoms with E-state index in [0.717, 1.165) is 65.9 Å². The largest absolute Gasteiger partial charge is 0.381 e. The molecule has 0 bridgehead atoms. The summed E-state index contributed by atoms with van der Waals surface area (Å²) in [6, 6.07) is 10.1. The zero-order valence-corrected chi connectivity index (χ0v) is 20.7. The number of rotatable bonds is 6. The van der Waals surface area contributed by atoms with Gasteiger partial charge in [0, 0.05) is 43.1 Å². The van der Waals surface area contributed by atoms with E-state index in [1.54, 1.807) is 0 Å². The monoisotopic (exact) mass is 483 g/mol. The number of nitrogens with one attached hydrogen (secondary N) is 2. The Balaban J connectivity index is 1.38. The minimum absolute atomic E-state index is 0.0922. The van der Waals surface area contributed by atoms with Crippen molar-refractivity contribution >= 4 is 23.2 Å². The highest BCUT2D eigenvalue weighted by atomic mass is 16.5. The van der Waals surface area contributed by atoms with Gasteiger partial charge in [-0.3, -0.25) is 9.20 Å². The van der Waals surface area contributed by atoms with E-state index >= 15 is 0 Å². The van der Waals surface area contributed by atoms with Gasteiger partial charge in [-0.1, -0.05) is 12.1 Å². The topological polar surface area (TPSA) is 96.7 Å². The molecule has 1 unspecified atom stereocenters. The van der Waals surface area contributed by atoms with Gasteiger partial charge >= 0.3 is 0 Å². The smallest absolute Gasteiger partial charge is 0.254 e. The van der Waals surface area contributed by atoms with Gasteiger partial charge in [0.1, 0.15) is 5.82 Å². The highest BCUT2D eigenvalue weighted by molar-refractivity contribution is 6.06. The quantitative estimate of drug-likeness (QED) is 0.432. The Morgan fingerprint density at radius 2 is 2.08 bits per heavy atom. The Bertz CT molecular complexity index is 1470. The number of carbonyl (C=O) groups excluding carboxylic acids is 1. The Morgan fingerprint density at radius 3 is 2.89 bits per heavy atom. The first-order valence-electron chi connectivity index (χ1n) is 12.2. The van der Waals surface area contributed by atoms with Crippen molar-refractivity contribution in [3.63, 3.8) is 0 Å². The molecule has 6 rings (SSSR count). The minimum Gasteiger partial charge on any atom is -0.381 e. The van der Waals surface area contributed by atoms with Gasteiger partial charge in [-0.05, 0) is 56.8 Å². The third-order valence-corrected chi connectivity index (χ3v) is 6.87. The SMILES string of the molecule is Cc1ccn2c(-c3ccc(Nc4ccc(C5CCOC5)c(CN(C)C)n4)c4c3CNC4=O)cnc2n1. The number of aryl methyl sites for hydroxylation is 1. The Kier molecular flexibility index (Phi) is 5.66. The van der Waals surface area contributed by atoms with Crippen LogP contribution in [-0.4, -0.2) is 57.5 Å². The van der Waals surface area contributed by atoms with Crippen molar-refractivity contribution in [3.05, 3.63) is 70.8 Å². The van der Waals surface area contributed by atoms with Crippen LogP contribution in [0.1, 0.15) is 45.2 Å². The maximum absolute atomic E-state index is 12.9. The summed E-state index contributed by atoms with van der Waals surface area (Å²) in [4.78, 5) is 29.0. The number of aromatic nitrogens is 4. The fourth-order valence-corrected chi connectivity index (χ4v) is 5.15. The number of imidazole rings is 1. The van der Waals surface area contributed by atoms with E-state index < -0.39 is 0 Å². The van der Waals surface area contributed by atoms with Gasteiger partial charge in [-0.15, -0.1) is 0 Å². The number of hydrogen-bond acceptors (Lipinski definition) is 7. The molecular weight excluding hydrogens is 454 g/mol. The van der Waals surface area contributed by atoms with Crippen molar-refractivity contribution in [3.8, 4) is 11.3 Å². The first-order chi connectivity index (χ1) is 17.5. The molecule has 184 valence electrons. The van der Waals surface area contributed by atoms with Crippen LogP contribution in [0.4, 0.5) is 11.5 Å². The van der Waals surface area contributed by atoms with E-state index in [9.17, 15) is 4.79 Å². The molecule has 1 atom stereocenters. The summed E-state index contributed by atoms with van der Waals surface area (Å²) in [6.07, 6.45) is 4.80. The fourth-order valence-electron chi connectivity index (χ4n) is 5.15. The third kappa shape index (κ3) is 4.00. The lowest BCUT2D eigenvalue weighted by atomic mass is 9.96. The highest BCUT2D eigenvalue weighted by Gasteiger charge is 2.28. The first-order valence-corrected chi connectivity index (χ1v) is 12.2. The molecule has 2 aliphatic heterocycles. The van der Waals surface area contributed by atoms with Crippen LogP contribution < -0.4 is 10.6 Å². The summed E-state index contributed by atoms with van der Waals surface area (Å²) in [5, 5.41) is 6.42. The molecule has 4 aromatic rings. The average molecular weight is 484 g/mol. The average Bonchev–Trinajstić information content (AvgIpc) is 3.60. The van der Waals surface area contributed by atoms with E-state index in [0.29, 0.717) is 23.8 Å². The van der Waals surface area contributed by atoms with Crippen molar-refractivity contribution in [2.75, 3.05) is 32.6 Å². The van der Waals surface area contributed by atoms with Gasteiger partial charge in [0.15, 0.2) is 0 Å². The second-order valence-corrected chi connectivity index (χ2v) is 9.73. The number of carbonyl (C=O) groups is 1. The van der Waals surface area contributed by atoms with Crippen LogP contribution in [0.15, 0.2) is 42.7 Å². The molecular formula is C27H29N7O2. The summed E-state index contributed by atoms with van der Waals surface area (Å²) < 4.78 is 7.58. The normalized spacial score (nSPS) is 17.1. The molecule has 1 amide bonds. The maximum Gasteiger partial charge on any atom is 0.254 e. The molecule has 1 aromatic carbocycles. The minimum atomic E-state index is -0.0922. The van der Waals surface area contributed by atoms with Crippen molar-refractivity contribution in [1.82, 2.24) is 29.6 Å². The molecule has 2 aliphatic rings. The summed E-state index contributed by atoms with van der Waals surface area (Å²) in [6.45, 7) is 4.68. The summed E-state index contributed by atoms with van der Waals surface area (Å²) in [5.74, 6) is 1.65. The van der Waals surface area contributed by atoms with Crippen molar-refractivity contribution in [2.24, 2.45) is 0 Å². The van der Waals surface area contributed by atoms with Gasteiger partial charge in [-0.25, -0.2) is 15.0 Å². The zero-order chi connectivity index (χ0) is 24.8. The second-order valence-electron chi connectivity index (χ2n) is 9.73. The van der Waals surface area contributed by atoms with Crippen LogP contribution in [0.5, 0.6) is 0 Å². The predicted octanol–water partition coefficient (Wildman–Crippen LogP) is 3.65. The second kappa shape index (κ2) is 9.00. The van der Waals surface area contributed by atoms with E-state index in [1.165, 1.54) is 5.56 Å². The van der Waals surface area contributed by atoms with Crippen LogP contribution in [0.2, 0.25) is 0 Å². The first kappa shape index (κ1) is 22.6. The van der Waals surface area contributed by atoms with E-state index in [4.69, 9.17) is 9.72 Å². The van der Waals surface area contributed by atoms with Crippen LogP contribution >= 0.6 is 0 Å². The lowest BCUT2D eigenvalue weighted by Gasteiger charge is -2.19. The highest BCUT2D eigenvalue weighted by Crippen LogP contribution is 2.36. The third-order valence-electron chi connectivity index (χ3n) is 6.87. The molecule has 9 heteroatoms. The molecule has 5 heterocycles. The molecule has 0 saturated carbocycles.